The molecule has 1 amide bonds. The number of rotatable bonds is 7. The zero-order valence-electron chi connectivity index (χ0n) is 26.3. The summed E-state index contributed by atoms with van der Waals surface area (Å²) in [4.78, 5) is 31.3. The van der Waals surface area contributed by atoms with Gasteiger partial charge in [-0.15, -0.1) is 0 Å². The van der Waals surface area contributed by atoms with Crippen LogP contribution >= 0.6 is 0 Å². The van der Waals surface area contributed by atoms with E-state index in [1.54, 1.807) is 24.1 Å². The fourth-order valence-corrected chi connectivity index (χ4v) is 7.46. The average molecular weight is 654 g/mol. The second kappa shape index (κ2) is 13.2. The Hall–Kier alpha value is -4.12. The minimum Gasteiger partial charge on any atom is -0.497 e. The van der Waals surface area contributed by atoms with E-state index in [0.29, 0.717) is 55.2 Å². The van der Waals surface area contributed by atoms with Gasteiger partial charge in [0.2, 0.25) is 5.67 Å². The smallest absolute Gasteiger partial charge is 0.416 e. The van der Waals surface area contributed by atoms with Crippen LogP contribution in [-0.2, 0) is 11.0 Å². The molecule has 3 aromatic carbocycles. The Labute approximate surface area is 271 Å². The number of methoxy groups -OCH3 is 1. The molecule has 2 atom stereocenters. The zero-order valence-corrected chi connectivity index (χ0v) is 26.3. The van der Waals surface area contributed by atoms with Gasteiger partial charge >= 0.3 is 12.1 Å². The van der Waals surface area contributed by atoms with E-state index in [0.717, 1.165) is 43.4 Å². The number of ether oxygens (including phenoxy) is 1. The Morgan fingerprint density at radius 3 is 2.23 bits per heavy atom. The number of likely N-dealkylation sites (tertiary alicyclic amines) is 1. The molecule has 2 heterocycles. The van der Waals surface area contributed by atoms with Crippen LogP contribution in [0.3, 0.4) is 0 Å². The average Bonchev–Trinajstić information content (AvgIpc) is 3.66. The molecule has 1 aliphatic carbocycles. The van der Waals surface area contributed by atoms with Crippen LogP contribution in [-0.4, -0.2) is 84.9 Å². The molecule has 2 aliphatic heterocycles. The highest BCUT2D eigenvalue weighted by Crippen LogP contribution is 2.44. The highest BCUT2D eigenvalue weighted by Gasteiger charge is 2.56. The maximum Gasteiger partial charge on any atom is 0.416 e. The molecule has 0 aromatic heterocycles. The minimum atomic E-state index is -4.57. The van der Waals surface area contributed by atoms with Crippen molar-refractivity contribution in [3.8, 4) is 16.9 Å². The topological polar surface area (TPSA) is 73.3 Å². The van der Waals surface area contributed by atoms with Gasteiger partial charge in [0, 0.05) is 62.5 Å². The zero-order chi connectivity index (χ0) is 33.3. The molecule has 3 fully saturated rings. The number of carbonyl (C=O) groups excluding carboxylic acids is 1. The summed E-state index contributed by atoms with van der Waals surface area (Å²) in [6, 6.07) is 16.8. The predicted octanol–water partition coefficient (Wildman–Crippen LogP) is 6.87. The van der Waals surface area contributed by atoms with Gasteiger partial charge in [-0.05, 0) is 72.9 Å². The van der Waals surface area contributed by atoms with Crippen molar-refractivity contribution in [1.82, 2.24) is 9.80 Å². The van der Waals surface area contributed by atoms with Crippen molar-refractivity contribution in [1.29, 1.82) is 0 Å². The SMILES string of the molecule is COc1ccc([C@@H]2CN(C3CCCC3)C[C@@]2(F)C(=O)N2CCCN(c3ccc(C(F)(F)F)cc3-c3ccc(C(=O)O)cc3)CC2)cc1. The third kappa shape index (κ3) is 6.68. The van der Waals surface area contributed by atoms with Crippen molar-refractivity contribution >= 4 is 17.6 Å². The van der Waals surface area contributed by atoms with E-state index in [2.05, 4.69) is 4.90 Å². The van der Waals surface area contributed by atoms with Crippen molar-refractivity contribution in [2.75, 3.05) is 51.3 Å². The quantitative estimate of drug-likeness (QED) is 0.281. The van der Waals surface area contributed by atoms with Crippen molar-refractivity contribution in [2.45, 2.75) is 55.9 Å². The van der Waals surface area contributed by atoms with Crippen LogP contribution in [0, 0.1) is 0 Å². The summed E-state index contributed by atoms with van der Waals surface area (Å²) in [5.41, 5.74) is -0.883. The molecule has 3 aliphatic rings. The highest BCUT2D eigenvalue weighted by molar-refractivity contribution is 5.89. The van der Waals surface area contributed by atoms with Crippen molar-refractivity contribution in [2.24, 2.45) is 0 Å². The number of hydrogen-bond acceptors (Lipinski definition) is 5. The maximum absolute atomic E-state index is 17.4. The van der Waals surface area contributed by atoms with Gasteiger partial charge in [-0.1, -0.05) is 37.1 Å². The van der Waals surface area contributed by atoms with E-state index in [9.17, 15) is 27.9 Å². The summed E-state index contributed by atoms with van der Waals surface area (Å²) in [5.74, 6) is -1.66. The second-order valence-corrected chi connectivity index (χ2v) is 12.8. The first kappa shape index (κ1) is 32.8. The molecule has 0 spiro atoms. The number of hydrogen-bond donors (Lipinski definition) is 1. The number of halogens is 4. The number of alkyl halides is 4. The van der Waals surface area contributed by atoms with E-state index >= 15 is 4.39 Å². The van der Waals surface area contributed by atoms with E-state index in [4.69, 9.17) is 4.74 Å². The first-order valence-electron chi connectivity index (χ1n) is 16.1. The van der Waals surface area contributed by atoms with Crippen LogP contribution in [0.15, 0.2) is 66.7 Å². The minimum absolute atomic E-state index is 0.0257. The van der Waals surface area contributed by atoms with Gasteiger partial charge in [-0.25, -0.2) is 9.18 Å². The Morgan fingerprint density at radius 2 is 1.60 bits per heavy atom. The predicted molar refractivity (Wildman–Crippen MR) is 171 cm³/mol. The number of carboxylic acids is 1. The Kier molecular flexibility index (Phi) is 9.20. The van der Waals surface area contributed by atoms with E-state index in [1.165, 1.54) is 30.3 Å². The summed E-state index contributed by atoms with van der Waals surface area (Å²) in [5, 5.41) is 9.30. The van der Waals surface area contributed by atoms with Gasteiger partial charge in [-0.2, -0.15) is 13.2 Å². The molecule has 6 rings (SSSR count). The van der Waals surface area contributed by atoms with Crippen LogP contribution in [0.1, 0.15) is 59.5 Å². The number of benzene rings is 3. The lowest BCUT2D eigenvalue weighted by atomic mass is 9.85. The molecule has 7 nitrogen and oxygen atoms in total. The van der Waals surface area contributed by atoms with Gasteiger partial charge in [0.1, 0.15) is 5.75 Å². The molecule has 11 heteroatoms. The Bertz CT molecular complexity index is 1590. The second-order valence-electron chi connectivity index (χ2n) is 12.8. The molecule has 0 radical (unpaired) electrons. The van der Waals surface area contributed by atoms with Crippen molar-refractivity contribution in [3.05, 3.63) is 83.4 Å². The van der Waals surface area contributed by atoms with Gasteiger partial charge < -0.3 is 19.6 Å². The van der Waals surface area contributed by atoms with Crippen LogP contribution in [0.25, 0.3) is 11.1 Å². The number of carboxylic acid groups (broad SMARTS) is 1. The number of carbonyl (C=O) groups is 2. The van der Waals surface area contributed by atoms with Crippen LogP contribution in [0.4, 0.5) is 23.2 Å². The normalized spacial score (nSPS) is 22.8. The molecular formula is C36H39F4N3O4. The number of nitrogens with zero attached hydrogens (tertiary/aromatic N) is 3. The molecule has 1 N–H and O–H groups in total. The van der Waals surface area contributed by atoms with Crippen molar-refractivity contribution < 1.29 is 37.0 Å². The van der Waals surface area contributed by atoms with Gasteiger partial charge in [-0.3, -0.25) is 9.69 Å². The maximum atomic E-state index is 17.4. The molecular weight excluding hydrogens is 614 g/mol. The van der Waals surface area contributed by atoms with E-state index < -0.39 is 35.2 Å². The van der Waals surface area contributed by atoms with Gasteiger partial charge in [0.15, 0.2) is 0 Å². The standard InChI is InChI=1S/C36H39F4N3O4/c1-47-29-14-11-25(12-15-29)31-22-43(28-5-2-3-6-28)23-35(31,37)34(46)42-18-4-17-41(19-20-42)32-16-13-27(36(38,39)40)21-30(32)24-7-9-26(10-8-24)33(44)45/h7-16,21,28,31H,2-6,17-20,22-23H2,1H3,(H,44,45)/t31-,35-/m0/s1. The third-order valence-electron chi connectivity index (χ3n) is 10.0. The van der Waals surface area contributed by atoms with E-state index in [-0.39, 0.29) is 24.7 Å². The molecule has 3 aromatic rings. The fraction of sp³-hybridized carbons (Fsp3) is 0.444. The molecule has 47 heavy (non-hydrogen) atoms. The summed E-state index contributed by atoms with van der Waals surface area (Å²) in [6.45, 7) is 1.76. The van der Waals surface area contributed by atoms with Crippen LogP contribution in [0.2, 0.25) is 0 Å². The molecule has 0 bridgehead atoms. The lowest BCUT2D eigenvalue weighted by Crippen LogP contribution is -2.51. The van der Waals surface area contributed by atoms with Crippen LogP contribution < -0.4 is 9.64 Å². The molecule has 2 saturated heterocycles. The third-order valence-corrected chi connectivity index (χ3v) is 10.0. The largest absolute Gasteiger partial charge is 0.497 e. The lowest BCUT2D eigenvalue weighted by Gasteiger charge is -2.32. The monoisotopic (exact) mass is 653 g/mol. The highest BCUT2D eigenvalue weighted by atomic mass is 19.4. The van der Waals surface area contributed by atoms with Gasteiger partial charge in [0.05, 0.1) is 18.2 Å². The number of amides is 1. The summed E-state index contributed by atoms with van der Waals surface area (Å²) in [6.07, 6.45) is 0.109. The Morgan fingerprint density at radius 1 is 0.894 bits per heavy atom. The van der Waals surface area contributed by atoms with Gasteiger partial charge in [0.25, 0.3) is 5.91 Å². The molecule has 1 saturated carbocycles. The number of anilines is 1. The summed E-state index contributed by atoms with van der Waals surface area (Å²) < 4.78 is 63.9. The fourth-order valence-electron chi connectivity index (χ4n) is 7.46. The molecule has 250 valence electrons. The summed E-state index contributed by atoms with van der Waals surface area (Å²) >= 11 is 0. The first-order valence-corrected chi connectivity index (χ1v) is 16.1. The van der Waals surface area contributed by atoms with Crippen LogP contribution in [0.5, 0.6) is 5.75 Å². The first-order chi connectivity index (χ1) is 22.5. The number of aromatic carboxylic acids is 1. The molecule has 0 unspecified atom stereocenters. The lowest BCUT2D eigenvalue weighted by molar-refractivity contribution is -0.144. The van der Waals surface area contributed by atoms with Crippen molar-refractivity contribution in [3.63, 3.8) is 0 Å². The summed E-state index contributed by atoms with van der Waals surface area (Å²) in [7, 11) is 1.57. The Balaban J connectivity index is 1.26. The van der Waals surface area contributed by atoms with E-state index in [1.807, 2.05) is 17.0 Å².